The van der Waals surface area contributed by atoms with Crippen LogP contribution in [0.2, 0.25) is 0 Å². The first-order valence-corrected chi connectivity index (χ1v) is 6.27. The van der Waals surface area contributed by atoms with Crippen LogP contribution in [0, 0.1) is 5.82 Å². The number of carbonyl (C=O) groups is 1. The van der Waals surface area contributed by atoms with Gasteiger partial charge in [0.15, 0.2) is 11.6 Å². The van der Waals surface area contributed by atoms with Crippen molar-refractivity contribution in [2.45, 2.75) is 6.61 Å². The molecule has 0 saturated heterocycles. The predicted octanol–water partition coefficient (Wildman–Crippen LogP) is 3.85. The zero-order valence-corrected chi connectivity index (χ0v) is 10.9. The molecular weight excluding hydrogens is 275 g/mol. The molecule has 0 aliphatic heterocycles. The van der Waals surface area contributed by atoms with Crippen molar-refractivity contribution in [3.8, 4) is 5.75 Å². The van der Waals surface area contributed by atoms with Crippen LogP contribution in [0.3, 0.4) is 0 Å². The van der Waals surface area contributed by atoms with Gasteiger partial charge in [-0.15, -0.1) is 0 Å². The lowest BCUT2D eigenvalue weighted by molar-refractivity contribution is 0.0699. The van der Waals surface area contributed by atoms with Gasteiger partial charge in [-0.3, -0.25) is 0 Å². The first kappa shape index (κ1) is 13.2. The molecule has 1 heterocycles. The van der Waals surface area contributed by atoms with Crippen LogP contribution in [0.4, 0.5) is 4.39 Å². The molecule has 3 aromatic rings. The van der Waals surface area contributed by atoms with Gasteiger partial charge in [0.2, 0.25) is 0 Å². The highest BCUT2D eigenvalue weighted by Crippen LogP contribution is 2.25. The SMILES string of the molecule is O=C(O)c1cccc2oc(COc3ccccc3F)cc12. The first-order valence-electron chi connectivity index (χ1n) is 6.27. The van der Waals surface area contributed by atoms with Crippen molar-refractivity contribution in [2.75, 3.05) is 0 Å². The fourth-order valence-electron chi connectivity index (χ4n) is 2.08. The topological polar surface area (TPSA) is 59.7 Å². The summed E-state index contributed by atoms with van der Waals surface area (Å²) in [7, 11) is 0. The Kier molecular flexibility index (Phi) is 3.31. The predicted molar refractivity (Wildman–Crippen MR) is 73.9 cm³/mol. The largest absolute Gasteiger partial charge is 0.483 e. The number of ether oxygens (including phenoxy) is 1. The highest BCUT2D eigenvalue weighted by molar-refractivity contribution is 6.02. The Bertz CT molecular complexity index is 807. The Labute approximate surface area is 119 Å². The molecule has 0 aliphatic rings. The lowest BCUT2D eigenvalue weighted by atomic mass is 10.1. The lowest BCUT2D eigenvalue weighted by Crippen LogP contribution is -1.96. The van der Waals surface area contributed by atoms with E-state index >= 15 is 0 Å². The molecule has 1 N–H and O–H groups in total. The number of fused-ring (bicyclic) bond motifs is 1. The molecule has 0 atom stereocenters. The Balaban J connectivity index is 1.87. The second kappa shape index (κ2) is 5.28. The molecule has 3 rings (SSSR count). The number of hydrogen-bond donors (Lipinski definition) is 1. The molecule has 2 aromatic carbocycles. The van der Waals surface area contributed by atoms with Crippen LogP contribution in [-0.2, 0) is 6.61 Å². The minimum Gasteiger partial charge on any atom is -0.483 e. The van der Waals surface area contributed by atoms with Crippen molar-refractivity contribution in [3.63, 3.8) is 0 Å². The Morgan fingerprint density at radius 1 is 1.19 bits per heavy atom. The van der Waals surface area contributed by atoms with E-state index in [1.54, 1.807) is 30.3 Å². The second-order valence-corrected chi connectivity index (χ2v) is 4.45. The number of hydrogen-bond acceptors (Lipinski definition) is 3. The summed E-state index contributed by atoms with van der Waals surface area (Å²) in [5.41, 5.74) is 0.621. The highest BCUT2D eigenvalue weighted by atomic mass is 19.1. The molecule has 0 unspecified atom stereocenters. The fraction of sp³-hybridized carbons (Fsp3) is 0.0625. The van der Waals surface area contributed by atoms with Gasteiger partial charge in [-0.2, -0.15) is 0 Å². The number of rotatable bonds is 4. The normalized spacial score (nSPS) is 10.7. The number of aromatic carboxylic acids is 1. The van der Waals surface area contributed by atoms with Gasteiger partial charge in [0.25, 0.3) is 0 Å². The van der Waals surface area contributed by atoms with Crippen molar-refractivity contribution >= 4 is 16.9 Å². The van der Waals surface area contributed by atoms with Gasteiger partial charge in [-0.25, -0.2) is 9.18 Å². The molecule has 0 aliphatic carbocycles. The van der Waals surface area contributed by atoms with Crippen LogP contribution < -0.4 is 4.74 Å². The molecule has 0 saturated carbocycles. The lowest BCUT2D eigenvalue weighted by Gasteiger charge is -2.04. The monoisotopic (exact) mass is 286 g/mol. The van der Waals surface area contributed by atoms with E-state index < -0.39 is 11.8 Å². The Morgan fingerprint density at radius 3 is 2.76 bits per heavy atom. The molecule has 21 heavy (non-hydrogen) atoms. The van der Waals surface area contributed by atoms with Crippen LogP contribution in [-0.4, -0.2) is 11.1 Å². The maximum absolute atomic E-state index is 13.4. The third-order valence-corrected chi connectivity index (χ3v) is 3.05. The molecule has 0 radical (unpaired) electrons. The van der Waals surface area contributed by atoms with Gasteiger partial charge in [0.1, 0.15) is 18.0 Å². The molecule has 106 valence electrons. The van der Waals surface area contributed by atoms with E-state index in [0.29, 0.717) is 16.7 Å². The summed E-state index contributed by atoms with van der Waals surface area (Å²) in [6, 6.07) is 12.4. The van der Waals surface area contributed by atoms with Gasteiger partial charge in [-0.1, -0.05) is 18.2 Å². The van der Waals surface area contributed by atoms with Gasteiger partial charge in [-0.05, 0) is 30.3 Å². The summed E-state index contributed by atoms with van der Waals surface area (Å²) in [6.07, 6.45) is 0. The minimum absolute atomic E-state index is 0.0225. The van der Waals surface area contributed by atoms with Crippen LogP contribution >= 0.6 is 0 Å². The molecule has 0 fully saturated rings. The van der Waals surface area contributed by atoms with E-state index in [-0.39, 0.29) is 17.9 Å². The summed E-state index contributed by atoms with van der Waals surface area (Å²) in [4.78, 5) is 11.1. The smallest absolute Gasteiger partial charge is 0.336 e. The van der Waals surface area contributed by atoms with Crippen molar-refractivity contribution in [2.24, 2.45) is 0 Å². The van der Waals surface area contributed by atoms with E-state index in [1.165, 1.54) is 18.2 Å². The van der Waals surface area contributed by atoms with Crippen molar-refractivity contribution in [1.29, 1.82) is 0 Å². The molecule has 5 heteroatoms. The molecule has 0 spiro atoms. The molecule has 0 bridgehead atoms. The third kappa shape index (κ3) is 2.58. The van der Waals surface area contributed by atoms with Crippen molar-refractivity contribution < 1.29 is 23.4 Å². The summed E-state index contributed by atoms with van der Waals surface area (Å²) in [5.74, 6) is -0.929. The zero-order valence-electron chi connectivity index (χ0n) is 10.9. The van der Waals surface area contributed by atoms with Gasteiger partial charge >= 0.3 is 5.97 Å². The van der Waals surface area contributed by atoms with Crippen LogP contribution in [0.15, 0.2) is 52.9 Å². The number of carboxylic acid groups (broad SMARTS) is 1. The number of benzene rings is 2. The van der Waals surface area contributed by atoms with Gasteiger partial charge in [0.05, 0.1) is 5.56 Å². The zero-order chi connectivity index (χ0) is 14.8. The average molecular weight is 286 g/mol. The van der Waals surface area contributed by atoms with Gasteiger partial charge < -0.3 is 14.3 Å². The van der Waals surface area contributed by atoms with Crippen molar-refractivity contribution in [1.82, 2.24) is 0 Å². The molecule has 4 nitrogen and oxygen atoms in total. The standard InChI is InChI=1S/C16H11FO4/c17-13-5-1-2-6-15(13)20-9-10-8-12-11(16(18)19)4-3-7-14(12)21-10/h1-8H,9H2,(H,18,19). The van der Waals surface area contributed by atoms with Crippen LogP contribution in [0.1, 0.15) is 16.1 Å². The first-order chi connectivity index (χ1) is 10.1. The number of halogens is 1. The Hall–Kier alpha value is -2.82. The van der Waals surface area contributed by atoms with Crippen LogP contribution in [0.5, 0.6) is 5.75 Å². The minimum atomic E-state index is -1.03. The van der Waals surface area contributed by atoms with E-state index in [1.807, 2.05) is 0 Å². The maximum atomic E-state index is 13.4. The third-order valence-electron chi connectivity index (χ3n) is 3.05. The summed E-state index contributed by atoms with van der Waals surface area (Å²) >= 11 is 0. The van der Waals surface area contributed by atoms with E-state index in [2.05, 4.69) is 0 Å². The quantitative estimate of drug-likeness (QED) is 0.791. The van der Waals surface area contributed by atoms with E-state index in [0.717, 1.165) is 0 Å². The maximum Gasteiger partial charge on any atom is 0.336 e. The second-order valence-electron chi connectivity index (χ2n) is 4.45. The summed E-state index contributed by atoms with van der Waals surface area (Å²) in [5, 5.41) is 9.61. The molecule has 1 aromatic heterocycles. The summed E-state index contributed by atoms with van der Waals surface area (Å²) in [6.45, 7) is 0.0225. The van der Waals surface area contributed by atoms with E-state index in [4.69, 9.17) is 14.3 Å². The highest BCUT2D eigenvalue weighted by Gasteiger charge is 2.13. The Morgan fingerprint density at radius 2 is 2.00 bits per heavy atom. The van der Waals surface area contributed by atoms with Crippen molar-refractivity contribution in [3.05, 3.63) is 65.7 Å². The summed E-state index contributed by atoms with van der Waals surface area (Å²) < 4.78 is 24.3. The van der Waals surface area contributed by atoms with E-state index in [9.17, 15) is 9.18 Å². The van der Waals surface area contributed by atoms with Crippen LogP contribution in [0.25, 0.3) is 11.0 Å². The fourth-order valence-corrected chi connectivity index (χ4v) is 2.08. The molecular formula is C16H11FO4. The number of furan rings is 1. The molecule has 0 amide bonds. The van der Waals surface area contributed by atoms with Gasteiger partial charge in [0, 0.05) is 5.39 Å². The number of carboxylic acids is 1. The number of para-hydroxylation sites is 1. The average Bonchev–Trinajstić information content (AvgIpc) is 2.88.